The lowest BCUT2D eigenvalue weighted by atomic mass is 10.0. The van der Waals surface area contributed by atoms with Crippen LogP contribution in [0.15, 0.2) is 57.2 Å². The molecule has 0 aliphatic carbocycles. The van der Waals surface area contributed by atoms with Crippen molar-refractivity contribution in [3.63, 3.8) is 0 Å². The van der Waals surface area contributed by atoms with Gasteiger partial charge >= 0.3 is 0 Å². The summed E-state index contributed by atoms with van der Waals surface area (Å²) in [5, 5.41) is 0. The number of carbonyl (C=O) groups excluding carboxylic acids is 1. The third-order valence-electron chi connectivity index (χ3n) is 5.59. The Morgan fingerprint density at radius 1 is 1.00 bits per heavy atom. The first-order valence-corrected chi connectivity index (χ1v) is 13.3. The van der Waals surface area contributed by atoms with Gasteiger partial charge in [-0.15, -0.1) is 0 Å². The Morgan fingerprint density at radius 2 is 1.56 bits per heavy atom. The molecule has 0 unspecified atom stereocenters. The van der Waals surface area contributed by atoms with Crippen molar-refractivity contribution in [1.82, 2.24) is 9.62 Å². The van der Waals surface area contributed by atoms with Crippen molar-refractivity contribution in [1.29, 1.82) is 0 Å². The van der Waals surface area contributed by atoms with Gasteiger partial charge in [0, 0.05) is 26.1 Å². The number of benzene rings is 2. The van der Waals surface area contributed by atoms with E-state index in [0.717, 1.165) is 24.3 Å². The number of halogens is 1. The highest BCUT2D eigenvalue weighted by molar-refractivity contribution is 7.91. The highest BCUT2D eigenvalue weighted by atomic mass is 32.2. The van der Waals surface area contributed by atoms with Gasteiger partial charge in [0.15, 0.2) is 0 Å². The van der Waals surface area contributed by atoms with E-state index < -0.39 is 25.7 Å². The van der Waals surface area contributed by atoms with Crippen molar-refractivity contribution >= 4 is 25.8 Å². The van der Waals surface area contributed by atoms with Gasteiger partial charge in [-0.05, 0) is 60.7 Å². The second-order valence-electron chi connectivity index (χ2n) is 8.21. The molecule has 0 aromatic heterocycles. The van der Waals surface area contributed by atoms with E-state index in [0.29, 0.717) is 31.5 Å². The molecule has 0 bridgehead atoms. The average Bonchev–Trinajstić information content (AvgIpc) is 2.73. The van der Waals surface area contributed by atoms with E-state index in [1.165, 1.54) is 25.1 Å². The Morgan fingerprint density at radius 3 is 2.09 bits per heavy atom. The number of piperidine rings is 1. The molecular formula is C22H27FN2O5S2. The minimum atomic E-state index is -4.03. The summed E-state index contributed by atoms with van der Waals surface area (Å²) in [6, 6.07) is 8.08. The summed E-state index contributed by atoms with van der Waals surface area (Å²) in [5.41, 5.74) is 0.497. The van der Waals surface area contributed by atoms with Gasteiger partial charge in [0.1, 0.15) is 5.82 Å². The predicted octanol–water partition coefficient (Wildman–Crippen LogP) is 3.07. The SMILES string of the molecule is CC(=O)N1CCC(NS(=O)(=O)c2cc(S(=O)(=O)c3ccc(F)cc3)ccc2C(C)C)CC1. The van der Waals surface area contributed by atoms with Gasteiger partial charge in [-0.25, -0.2) is 25.9 Å². The van der Waals surface area contributed by atoms with Crippen molar-refractivity contribution in [2.45, 2.75) is 60.3 Å². The maximum absolute atomic E-state index is 13.3. The van der Waals surface area contributed by atoms with Crippen LogP contribution < -0.4 is 4.72 Å². The maximum Gasteiger partial charge on any atom is 0.241 e. The molecule has 1 heterocycles. The number of hydrogen-bond donors (Lipinski definition) is 1. The molecule has 0 saturated carbocycles. The van der Waals surface area contributed by atoms with Gasteiger partial charge in [0.05, 0.1) is 14.7 Å². The first-order valence-electron chi connectivity index (χ1n) is 10.3. The van der Waals surface area contributed by atoms with E-state index in [-0.39, 0.29) is 32.6 Å². The number of nitrogens with zero attached hydrogens (tertiary/aromatic N) is 1. The maximum atomic E-state index is 13.3. The van der Waals surface area contributed by atoms with Crippen LogP contribution in [0.25, 0.3) is 0 Å². The summed E-state index contributed by atoms with van der Waals surface area (Å²) in [4.78, 5) is 12.8. The van der Waals surface area contributed by atoms with Crippen molar-refractivity contribution in [2.24, 2.45) is 0 Å². The Labute approximate surface area is 188 Å². The van der Waals surface area contributed by atoms with Crippen LogP contribution in [0.2, 0.25) is 0 Å². The van der Waals surface area contributed by atoms with Gasteiger partial charge in [-0.1, -0.05) is 19.9 Å². The minimum absolute atomic E-state index is 0.0490. The van der Waals surface area contributed by atoms with Crippen molar-refractivity contribution in [2.75, 3.05) is 13.1 Å². The number of amides is 1. The smallest absolute Gasteiger partial charge is 0.241 e. The third kappa shape index (κ3) is 5.19. The third-order valence-corrected chi connectivity index (χ3v) is 8.94. The largest absolute Gasteiger partial charge is 0.343 e. The van der Waals surface area contributed by atoms with E-state index in [9.17, 15) is 26.0 Å². The molecule has 1 N–H and O–H groups in total. The molecule has 2 aromatic carbocycles. The molecule has 0 atom stereocenters. The number of sulfonamides is 1. The molecule has 32 heavy (non-hydrogen) atoms. The summed E-state index contributed by atoms with van der Waals surface area (Å²) < 4.78 is 68.5. The Balaban J connectivity index is 1.96. The lowest BCUT2D eigenvalue weighted by molar-refractivity contribution is -0.129. The lowest BCUT2D eigenvalue weighted by Gasteiger charge is -2.31. The van der Waals surface area contributed by atoms with Crippen molar-refractivity contribution in [3.8, 4) is 0 Å². The fourth-order valence-corrected chi connectivity index (χ4v) is 6.80. The zero-order valence-corrected chi connectivity index (χ0v) is 19.8. The summed E-state index contributed by atoms with van der Waals surface area (Å²) in [7, 11) is -8.06. The zero-order valence-electron chi connectivity index (χ0n) is 18.2. The zero-order chi connectivity index (χ0) is 23.7. The van der Waals surface area contributed by atoms with Crippen LogP contribution >= 0.6 is 0 Å². The van der Waals surface area contributed by atoms with E-state index in [1.54, 1.807) is 4.90 Å². The molecule has 0 radical (unpaired) electrons. The molecule has 1 aliphatic heterocycles. The highest BCUT2D eigenvalue weighted by Crippen LogP contribution is 2.30. The average molecular weight is 483 g/mol. The van der Waals surface area contributed by atoms with Crippen LogP contribution in [-0.4, -0.2) is 46.8 Å². The van der Waals surface area contributed by atoms with Crippen molar-refractivity contribution < 1.29 is 26.0 Å². The molecule has 3 rings (SSSR count). The van der Waals surface area contributed by atoms with Crippen molar-refractivity contribution in [3.05, 3.63) is 53.8 Å². The van der Waals surface area contributed by atoms with Gasteiger partial charge < -0.3 is 4.90 Å². The van der Waals surface area contributed by atoms with Gasteiger partial charge in [0.2, 0.25) is 25.8 Å². The second-order valence-corrected chi connectivity index (χ2v) is 11.8. The van der Waals surface area contributed by atoms with Gasteiger partial charge in [-0.3, -0.25) is 4.79 Å². The van der Waals surface area contributed by atoms with E-state index in [2.05, 4.69) is 4.72 Å². The molecule has 0 spiro atoms. The number of carbonyl (C=O) groups is 1. The number of nitrogens with one attached hydrogen (secondary N) is 1. The second kappa shape index (κ2) is 9.29. The van der Waals surface area contributed by atoms with Crippen LogP contribution in [0.4, 0.5) is 4.39 Å². The molecule has 7 nitrogen and oxygen atoms in total. The number of sulfone groups is 1. The summed E-state index contributed by atoms with van der Waals surface area (Å²) >= 11 is 0. The van der Waals surface area contributed by atoms with Gasteiger partial charge in [0.25, 0.3) is 0 Å². The Hall–Kier alpha value is -2.30. The minimum Gasteiger partial charge on any atom is -0.343 e. The van der Waals surface area contributed by atoms with Crippen LogP contribution in [0.3, 0.4) is 0 Å². The van der Waals surface area contributed by atoms with Crippen LogP contribution in [-0.2, 0) is 24.7 Å². The lowest BCUT2D eigenvalue weighted by Crippen LogP contribution is -2.46. The number of hydrogen-bond acceptors (Lipinski definition) is 5. The van der Waals surface area contributed by atoms with Crippen LogP contribution in [0, 0.1) is 5.82 Å². The highest BCUT2D eigenvalue weighted by Gasteiger charge is 2.29. The fourth-order valence-electron chi connectivity index (χ4n) is 3.74. The summed E-state index contributed by atoms with van der Waals surface area (Å²) in [5.74, 6) is -0.779. The number of rotatable bonds is 6. The summed E-state index contributed by atoms with van der Waals surface area (Å²) in [6.45, 7) is 6.05. The topological polar surface area (TPSA) is 101 Å². The van der Waals surface area contributed by atoms with Crippen LogP contribution in [0.5, 0.6) is 0 Å². The Bertz CT molecular complexity index is 1200. The van der Waals surface area contributed by atoms with E-state index in [4.69, 9.17) is 0 Å². The molecule has 10 heteroatoms. The molecule has 2 aromatic rings. The predicted molar refractivity (Wildman–Crippen MR) is 118 cm³/mol. The molecule has 1 amide bonds. The first kappa shape index (κ1) is 24.3. The standard InChI is InChI=1S/C22H27FN2O5S2/c1-15(2)21-9-8-20(31(27,28)19-6-4-17(23)5-7-19)14-22(21)32(29,30)24-18-10-12-25(13-11-18)16(3)26/h4-9,14-15,18,24H,10-13H2,1-3H3. The molecule has 174 valence electrons. The Kier molecular flexibility index (Phi) is 7.06. The normalized spacial score (nSPS) is 15.8. The fraction of sp³-hybridized carbons (Fsp3) is 0.409. The molecule has 1 saturated heterocycles. The monoisotopic (exact) mass is 482 g/mol. The number of likely N-dealkylation sites (tertiary alicyclic amines) is 1. The molecular weight excluding hydrogens is 455 g/mol. The quantitative estimate of drug-likeness (QED) is 0.638. The van der Waals surface area contributed by atoms with E-state index >= 15 is 0 Å². The first-order chi connectivity index (χ1) is 14.9. The van der Waals surface area contributed by atoms with Gasteiger partial charge in [-0.2, -0.15) is 0 Å². The molecule has 1 aliphatic rings. The molecule has 1 fully saturated rings. The summed E-state index contributed by atoms with van der Waals surface area (Å²) in [6.07, 6.45) is 0.951. The van der Waals surface area contributed by atoms with Crippen LogP contribution in [0.1, 0.15) is 45.1 Å². The van der Waals surface area contributed by atoms with E-state index in [1.807, 2.05) is 13.8 Å².